The van der Waals surface area contributed by atoms with E-state index in [1.165, 1.54) is 12.1 Å². The molecule has 3 aromatic rings. The third-order valence-electron chi connectivity index (χ3n) is 6.74. The Morgan fingerprint density at radius 3 is 2.51 bits per heavy atom. The Morgan fingerprint density at radius 2 is 1.77 bits per heavy atom. The van der Waals surface area contributed by atoms with Crippen molar-refractivity contribution in [2.24, 2.45) is 5.92 Å². The summed E-state index contributed by atoms with van der Waals surface area (Å²) in [5, 5.41) is 6.29. The van der Waals surface area contributed by atoms with E-state index in [0.29, 0.717) is 17.3 Å². The number of carbonyl (C=O) groups is 1. The minimum absolute atomic E-state index is 0.0670. The molecule has 0 bridgehead atoms. The van der Waals surface area contributed by atoms with Gasteiger partial charge >= 0.3 is 0 Å². The van der Waals surface area contributed by atoms with Crippen molar-refractivity contribution in [3.8, 4) is 11.3 Å². The molecule has 2 aliphatic rings. The van der Waals surface area contributed by atoms with Crippen molar-refractivity contribution in [1.82, 2.24) is 9.97 Å². The first kappa shape index (κ1) is 23.1. The van der Waals surface area contributed by atoms with Gasteiger partial charge in [0, 0.05) is 42.1 Å². The summed E-state index contributed by atoms with van der Waals surface area (Å²) in [5.41, 5.74) is 11.2. The zero-order valence-electron chi connectivity index (χ0n) is 19.9. The minimum atomic E-state index is 0.0670. The summed E-state index contributed by atoms with van der Waals surface area (Å²) in [4.78, 5) is 23.9. The fourth-order valence-electron chi connectivity index (χ4n) is 4.72. The van der Waals surface area contributed by atoms with Crippen molar-refractivity contribution in [2.75, 3.05) is 47.6 Å². The summed E-state index contributed by atoms with van der Waals surface area (Å²) in [6.45, 7) is 3.34. The number of morpholine rings is 1. The Labute approximate surface area is 205 Å². The minimum Gasteiger partial charge on any atom is -0.397 e. The Morgan fingerprint density at radius 1 is 1.00 bits per heavy atom. The van der Waals surface area contributed by atoms with E-state index in [9.17, 15) is 4.79 Å². The summed E-state index contributed by atoms with van der Waals surface area (Å²) in [5.74, 6) is 0.661. The zero-order valence-corrected chi connectivity index (χ0v) is 19.9. The standard InChI is InChI=1S/C27H32N6O2/c28-23-18-20(6-11-25(23)31-26(34)19-4-2-1-3-5-19)24-12-13-29-27(32-24)30-21-7-9-22(10-8-21)33-14-16-35-17-15-33/h6-13,18-19H,1-5,14-17,28H2,(H,31,34)(H,29,30,32). The summed E-state index contributed by atoms with van der Waals surface area (Å²) in [7, 11) is 0. The van der Waals surface area contributed by atoms with Crippen LogP contribution in [0.2, 0.25) is 0 Å². The SMILES string of the molecule is Nc1cc(-c2ccnc(Nc3ccc(N4CCOCC4)cc3)n2)ccc1NC(=O)C1CCCCC1. The predicted octanol–water partition coefficient (Wildman–Crippen LogP) is 4.82. The molecule has 1 aromatic heterocycles. The molecule has 0 unspecified atom stereocenters. The lowest BCUT2D eigenvalue weighted by Crippen LogP contribution is -2.36. The van der Waals surface area contributed by atoms with Crippen LogP contribution in [0, 0.1) is 5.92 Å². The lowest BCUT2D eigenvalue weighted by Gasteiger charge is -2.28. The number of nitrogens with zero attached hydrogens (tertiary/aromatic N) is 3. The second-order valence-corrected chi connectivity index (χ2v) is 9.16. The van der Waals surface area contributed by atoms with E-state index in [-0.39, 0.29) is 11.8 Å². The van der Waals surface area contributed by atoms with Crippen LogP contribution in [0.25, 0.3) is 11.3 Å². The molecule has 182 valence electrons. The summed E-state index contributed by atoms with van der Waals surface area (Å²) in [6, 6.07) is 15.7. The quantitative estimate of drug-likeness (QED) is 0.442. The topological polar surface area (TPSA) is 105 Å². The fraction of sp³-hybridized carbons (Fsp3) is 0.370. The molecule has 0 spiro atoms. The van der Waals surface area contributed by atoms with Crippen molar-refractivity contribution in [1.29, 1.82) is 0 Å². The molecule has 2 fully saturated rings. The van der Waals surface area contributed by atoms with Gasteiger partial charge in [-0.2, -0.15) is 0 Å². The van der Waals surface area contributed by atoms with Crippen molar-refractivity contribution >= 4 is 34.6 Å². The Kier molecular flexibility index (Phi) is 7.09. The number of anilines is 5. The Bertz CT molecular complexity index is 1150. The summed E-state index contributed by atoms with van der Waals surface area (Å²) in [6.07, 6.45) is 7.09. The highest BCUT2D eigenvalue weighted by atomic mass is 16.5. The van der Waals surface area contributed by atoms with E-state index >= 15 is 0 Å². The molecule has 2 aromatic carbocycles. The van der Waals surface area contributed by atoms with Crippen LogP contribution in [0.3, 0.4) is 0 Å². The van der Waals surface area contributed by atoms with E-state index < -0.39 is 0 Å². The molecule has 4 N–H and O–H groups in total. The number of aromatic nitrogens is 2. The largest absolute Gasteiger partial charge is 0.397 e. The molecule has 2 heterocycles. The molecule has 1 aliphatic heterocycles. The van der Waals surface area contributed by atoms with Gasteiger partial charge in [-0.25, -0.2) is 9.97 Å². The maximum absolute atomic E-state index is 12.6. The van der Waals surface area contributed by atoms with Crippen molar-refractivity contribution in [3.05, 3.63) is 54.7 Å². The smallest absolute Gasteiger partial charge is 0.227 e. The number of carbonyl (C=O) groups excluding carboxylic acids is 1. The molecule has 0 radical (unpaired) electrons. The van der Waals surface area contributed by atoms with Crippen molar-refractivity contribution in [3.63, 3.8) is 0 Å². The van der Waals surface area contributed by atoms with Crippen LogP contribution in [0.5, 0.6) is 0 Å². The number of benzene rings is 2. The molecule has 35 heavy (non-hydrogen) atoms. The van der Waals surface area contributed by atoms with Gasteiger partial charge in [-0.15, -0.1) is 0 Å². The number of nitrogen functional groups attached to an aromatic ring is 1. The van der Waals surface area contributed by atoms with Crippen LogP contribution in [-0.4, -0.2) is 42.2 Å². The molecular formula is C27H32N6O2. The third-order valence-corrected chi connectivity index (χ3v) is 6.74. The number of hydrogen-bond acceptors (Lipinski definition) is 7. The maximum atomic E-state index is 12.6. The van der Waals surface area contributed by atoms with Crippen molar-refractivity contribution in [2.45, 2.75) is 32.1 Å². The van der Waals surface area contributed by atoms with Crippen molar-refractivity contribution < 1.29 is 9.53 Å². The van der Waals surface area contributed by atoms with Gasteiger partial charge in [0.1, 0.15) is 0 Å². The number of nitrogens with one attached hydrogen (secondary N) is 2. The Hall–Kier alpha value is -3.65. The highest BCUT2D eigenvalue weighted by Gasteiger charge is 2.21. The predicted molar refractivity (Wildman–Crippen MR) is 140 cm³/mol. The molecule has 1 aliphatic carbocycles. The monoisotopic (exact) mass is 472 g/mol. The van der Waals surface area contributed by atoms with E-state index in [2.05, 4.69) is 37.6 Å². The van der Waals surface area contributed by atoms with E-state index in [4.69, 9.17) is 10.5 Å². The van der Waals surface area contributed by atoms with E-state index in [1.807, 2.05) is 36.4 Å². The molecule has 1 amide bonds. The van der Waals surface area contributed by atoms with Gasteiger partial charge in [-0.3, -0.25) is 4.79 Å². The lowest BCUT2D eigenvalue weighted by molar-refractivity contribution is -0.120. The molecule has 1 saturated carbocycles. The van der Waals surface area contributed by atoms with Gasteiger partial charge in [0.15, 0.2) is 0 Å². The molecule has 8 nitrogen and oxygen atoms in total. The maximum Gasteiger partial charge on any atom is 0.227 e. The lowest BCUT2D eigenvalue weighted by atomic mass is 9.88. The number of ether oxygens (including phenoxy) is 1. The second kappa shape index (κ2) is 10.7. The van der Waals surface area contributed by atoms with Crippen LogP contribution in [0.15, 0.2) is 54.7 Å². The summed E-state index contributed by atoms with van der Waals surface area (Å²) < 4.78 is 5.43. The molecular weight excluding hydrogens is 440 g/mol. The molecule has 8 heteroatoms. The first-order valence-electron chi connectivity index (χ1n) is 12.4. The second-order valence-electron chi connectivity index (χ2n) is 9.16. The van der Waals surface area contributed by atoms with Gasteiger partial charge in [-0.05, 0) is 55.3 Å². The number of hydrogen-bond donors (Lipinski definition) is 3. The van der Waals surface area contributed by atoms with Crippen LogP contribution in [-0.2, 0) is 9.53 Å². The number of nitrogens with two attached hydrogens (primary N) is 1. The van der Waals surface area contributed by atoms with Crippen LogP contribution in [0.1, 0.15) is 32.1 Å². The van der Waals surface area contributed by atoms with Crippen LogP contribution in [0.4, 0.5) is 28.7 Å². The van der Waals surface area contributed by atoms with Crippen LogP contribution < -0.4 is 21.3 Å². The van der Waals surface area contributed by atoms with Gasteiger partial charge in [-0.1, -0.05) is 25.3 Å². The van der Waals surface area contributed by atoms with Gasteiger partial charge in [0.2, 0.25) is 11.9 Å². The van der Waals surface area contributed by atoms with Gasteiger partial charge < -0.3 is 26.0 Å². The average molecular weight is 473 g/mol. The molecule has 0 atom stereocenters. The average Bonchev–Trinajstić information content (AvgIpc) is 2.91. The Balaban J connectivity index is 1.25. The first-order valence-corrected chi connectivity index (χ1v) is 12.4. The highest BCUT2D eigenvalue weighted by Crippen LogP contribution is 2.29. The van der Waals surface area contributed by atoms with Gasteiger partial charge in [0.25, 0.3) is 0 Å². The van der Waals surface area contributed by atoms with E-state index in [0.717, 1.165) is 68.9 Å². The fourth-order valence-corrected chi connectivity index (χ4v) is 4.72. The molecule has 1 saturated heterocycles. The molecule has 5 rings (SSSR count). The number of rotatable bonds is 6. The van der Waals surface area contributed by atoms with Crippen LogP contribution >= 0.6 is 0 Å². The summed E-state index contributed by atoms with van der Waals surface area (Å²) >= 11 is 0. The third kappa shape index (κ3) is 5.71. The van der Waals surface area contributed by atoms with Gasteiger partial charge in [0.05, 0.1) is 30.3 Å². The zero-order chi connectivity index (χ0) is 24.0. The number of amides is 1. The van der Waals surface area contributed by atoms with E-state index in [1.54, 1.807) is 6.20 Å². The highest BCUT2D eigenvalue weighted by molar-refractivity contribution is 5.96. The first-order chi connectivity index (χ1) is 17.2. The normalized spacial score (nSPS) is 16.6.